The topological polar surface area (TPSA) is 74.8 Å². The standard InChI is InChI=1S/C8H11N3O2S/c1-4-8(2,3)11-14(12,13)7-5-9-10-6-7/h1,5-6,11H,2-3H3,(H,9,10). The second-order valence-electron chi connectivity index (χ2n) is 3.31. The summed E-state index contributed by atoms with van der Waals surface area (Å²) in [6.07, 6.45) is 7.67. The lowest BCUT2D eigenvalue weighted by Crippen LogP contribution is -2.41. The van der Waals surface area contributed by atoms with Gasteiger partial charge in [-0.2, -0.15) is 9.82 Å². The third kappa shape index (κ3) is 2.34. The summed E-state index contributed by atoms with van der Waals surface area (Å²) < 4.78 is 25.6. The SMILES string of the molecule is C#CC(C)(C)NS(=O)(=O)c1cn[nH]c1. The maximum Gasteiger partial charge on any atom is 0.244 e. The van der Waals surface area contributed by atoms with Crippen molar-refractivity contribution in [3.05, 3.63) is 12.4 Å². The van der Waals surface area contributed by atoms with Crippen LogP contribution in [0, 0.1) is 12.3 Å². The molecule has 6 heteroatoms. The summed E-state index contributed by atoms with van der Waals surface area (Å²) in [4.78, 5) is 0.0702. The Morgan fingerprint density at radius 3 is 2.71 bits per heavy atom. The summed E-state index contributed by atoms with van der Waals surface area (Å²) in [5, 5.41) is 5.97. The molecule has 0 aliphatic rings. The Bertz CT molecular complexity index is 439. The van der Waals surface area contributed by atoms with Crippen LogP contribution < -0.4 is 4.72 Å². The van der Waals surface area contributed by atoms with E-state index in [4.69, 9.17) is 6.42 Å². The van der Waals surface area contributed by atoms with Gasteiger partial charge < -0.3 is 0 Å². The number of aromatic amines is 1. The number of hydrogen-bond donors (Lipinski definition) is 2. The van der Waals surface area contributed by atoms with Crippen LogP contribution in [0.5, 0.6) is 0 Å². The number of sulfonamides is 1. The molecule has 0 amide bonds. The molecule has 14 heavy (non-hydrogen) atoms. The summed E-state index contributed by atoms with van der Waals surface area (Å²) in [7, 11) is -3.57. The van der Waals surface area contributed by atoms with Crippen LogP contribution in [0.2, 0.25) is 0 Å². The second-order valence-corrected chi connectivity index (χ2v) is 4.99. The van der Waals surface area contributed by atoms with E-state index < -0.39 is 15.6 Å². The van der Waals surface area contributed by atoms with Crippen LogP contribution in [0.25, 0.3) is 0 Å². The predicted octanol–water partition coefficient (Wildman–Crippen LogP) is 0.0998. The maximum absolute atomic E-state index is 11.6. The number of aromatic nitrogens is 2. The molecule has 1 aromatic heterocycles. The normalized spacial score (nSPS) is 12.4. The first-order valence-electron chi connectivity index (χ1n) is 3.88. The molecule has 76 valence electrons. The monoisotopic (exact) mass is 213 g/mol. The van der Waals surface area contributed by atoms with E-state index in [1.807, 2.05) is 0 Å². The molecule has 0 saturated carbocycles. The van der Waals surface area contributed by atoms with Crippen LogP contribution in [0.3, 0.4) is 0 Å². The first kappa shape index (κ1) is 10.8. The highest BCUT2D eigenvalue weighted by atomic mass is 32.2. The smallest absolute Gasteiger partial charge is 0.244 e. The number of terminal acetylenes is 1. The van der Waals surface area contributed by atoms with Gasteiger partial charge >= 0.3 is 0 Å². The minimum atomic E-state index is -3.57. The van der Waals surface area contributed by atoms with Gasteiger partial charge in [0.15, 0.2) is 0 Å². The van der Waals surface area contributed by atoms with Crippen molar-refractivity contribution in [3.8, 4) is 12.3 Å². The lowest BCUT2D eigenvalue weighted by molar-refractivity contribution is 0.539. The molecule has 0 aromatic carbocycles. The fourth-order valence-electron chi connectivity index (χ4n) is 0.810. The van der Waals surface area contributed by atoms with Crippen molar-refractivity contribution in [2.75, 3.05) is 0 Å². The molecule has 0 radical (unpaired) electrons. The third-order valence-electron chi connectivity index (χ3n) is 1.53. The van der Waals surface area contributed by atoms with Gasteiger partial charge in [0.25, 0.3) is 0 Å². The molecule has 0 aliphatic heterocycles. The summed E-state index contributed by atoms with van der Waals surface area (Å²) in [5.74, 6) is 2.34. The van der Waals surface area contributed by atoms with Crippen LogP contribution in [-0.2, 0) is 10.0 Å². The van der Waals surface area contributed by atoms with Crippen molar-refractivity contribution >= 4 is 10.0 Å². The predicted molar refractivity (Wildman–Crippen MR) is 51.8 cm³/mol. The third-order valence-corrected chi connectivity index (χ3v) is 3.16. The van der Waals surface area contributed by atoms with E-state index in [1.165, 1.54) is 12.4 Å². The van der Waals surface area contributed by atoms with Gasteiger partial charge in [0.1, 0.15) is 4.90 Å². The Morgan fingerprint density at radius 2 is 2.29 bits per heavy atom. The lowest BCUT2D eigenvalue weighted by atomic mass is 10.1. The average molecular weight is 213 g/mol. The number of nitrogens with one attached hydrogen (secondary N) is 2. The van der Waals surface area contributed by atoms with Crippen molar-refractivity contribution in [1.82, 2.24) is 14.9 Å². The van der Waals surface area contributed by atoms with Gasteiger partial charge in [0.05, 0.1) is 11.7 Å². The Balaban J connectivity index is 2.97. The van der Waals surface area contributed by atoms with Crippen LogP contribution in [-0.4, -0.2) is 24.2 Å². The molecule has 1 rings (SSSR count). The summed E-state index contributed by atoms with van der Waals surface area (Å²) in [5.41, 5.74) is -0.907. The van der Waals surface area contributed by atoms with E-state index in [0.717, 1.165) is 0 Å². The molecule has 0 bridgehead atoms. The van der Waals surface area contributed by atoms with Gasteiger partial charge in [0, 0.05) is 6.20 Å². The molecule has 1 aromatic rings. The zero-order chi connectivity index (χ0) is 10.8. The van der Waals surface area contributed by atoms with E-state index in [1.54, 1.807) is 13.8 Å². The first-order valence-corrected chi connectivity index (χ1v) is 5.36. The molecule has 0 saturated heterocycles. The highest BCUT2D eigenvalue weighted by Gasteiger charge is 2.24. The Labute approximate surface area is 83.0 Å². The zero-order valence-electron chi connectivity index (χ0n) is 7.90. The molecular formula is C8H11N3O2S. The van der Waals surface area contributed by atoms with E-state index in [0.29, 0.717) is 0 Å². The van der Waals surface area contributed by atoms with Gasteiger partial charge in [-0.3, -0.25) is 5.10 Å². The molecule has 0 aliphatic carbocycles. The van der Waals surface area contributed by atoms with Gasteiger partial charge in [-0.05, 0) is 13.8 Å². The quantitative estimate of drug-likeness (QED) is 0.699. The Hall–Kier alpha value is -1.32. The second kappa shape index (κ2) is 3.44. The summed E-state index contributed by atoms with van der Waals surface area (Å²) >= 11 is 0. The highest BCUT2D eigenvalue weighted by molar-refractivity contribution is 7.89. The van der Waals surface area contributed by atoms with Crippen LogP contribution in [0.15, 0.2) is 17.3 Å². The van der Waals surface area contributed by atoms with Gasteiger partial charge in [-0.25, -0.2) is 8.42 Å². The number of rotatable bonds is 3. The van der Waals surface area contributed by atoms with E-state index >= 15 is 0 Å². The number of H-pyrrole nitrogens is 1. The van der Waals surface area contributed by atoms with Crippen molar-refractivity contribution in [2.24, 2.45) is 0 Å². The molecule has 0 atom stereocenters. The molecule has 2 N–H and O–H groups in total. The molecule has 0 spiro atoms. The van der Waals surface area contributed by atoms with Crippen LogP contribution in [0.4, 0.5) is 0 Å². The molecular weight excluding hydrogens is 202 g/mol. The molecule has 5 nitrogen and oxygen atoms in total. The van der Waals surface area contributed by atoms with Gasteiger partial charge in [-0.1, -0.05) is 5.92 Å². The Morgan fingerprint density at radius 1 is 1.64 bits per heavy atom. The average Bonchev–Trinajstić information content (AvgIpc) is 2.54. The van der Waals surface area contributed by atoms with Gasteiger partial charge in [-0.15, -0.1) is 6.42 Å². The summed E-state index contributed by atoms with van der Waals surface area (Å²) in [6.45, 7) is 3.20. The van der Waals surface area contributed by atoms with E-state index in [9.17, 15) is 8.42 Å². The largest absolute Gasteiger partial charge is 0.284 e. The maximum atomic E-state index is 11.6. The van der Waals surface area contributed by atoms with Crippen molar-refractivity contribution in [1.29, 1.82) is 0 Å². The fraction of sp³-hybridized carbons (Fsp3) is 0.375. The van der Waals surface area contributed by atoms with E-state index in [-0.39, 0.29) is 4.90 Å². The summed E-state index contributed by atoms with van der Waals surface area (Å²) in [6, 6.07) is 0. The van der Waals surface area contributed by atoms with Crippen LogP contribution in [0.1, 0.15) is 13.8 Å². The zero-order valence-corrected chi connectivity index (χ0v) is 8.72. The molecule has 0 fully saturated rings. The Kier molecular flexibility index (Phi) is 2.64. The fourth-order valence-corrected chi connectivity index (χ4v) is 2.06. The molecule has 1 heterocycles. The number of hydrogen-bond acceptors (Lipinski definition) is 3. The number of nitrogens with zero attached hydrogens (tertiary/aromatic N) is 1. The highest BCUT2D eigenvalue weighted by Crippen LogP contribution is 2.09. The van der Waals surface area contributed by atoms with Gasteiger partial charge in [0.2, 0.25) is 10.0 Å². The van der Waals surface area contributed by atoms with Crippen LogP contribution >= 0.6 is 0 Å². The minimum Gasteiger partial charge on any atom is -0.284 e. The minimum absolute atomic E-state index is 0.0702. The molecule has 0 unspecified atom stereocenters. The van der Waals surface area contributed by atoms with Crippen molar-refractivity contribution in [2.45, 2.75) is 24.3 Å². The van der Waals surface area contributed by atoms with Crippen molar-refractivity contribution in [3.63, 3.8) is 0 Å². The lowest BCUT2D eigenvalue weighted by Gasteiger charge is -2.18. The van der Waals surface area contributed by atoms with Crippen molar-refractivity contribution < 1.29 is 8.42 Å². The first-order chi connectivity index (χ1) is 6.37. The van der Waals surface area contributed by atoms with E-state index in [2.05, 4.69) is 20.8 Å².